The van der Waals surface area contributed by atoms with E-state index < -0.39 is 11.9 Å². The van der Waals surface area contributed by atoms with E-state index in [1.165, 1.54) is 12.1 Å². The minimum Gasteiger partial charge on any atom is -0.484 e. The number of carboxylic acid groups (broad SMARTS) is 2. The summed E-state index contributed by atoms with van der Waals surface area (Å²) in [5, 5.41) is 18.7. The molecule has 0 fully saturated rings. The molecule has 3 N–H and O–H groups in total. The second-order valence-electron chi connectivity index (χ2n) is 5.49. The first-order valence-corrected chi connectivity index (χ1v) is 9.08. The maximum atomic E-state index is 13.3. The molecule has 1 atom stereocenters. The van der Waals surface area contributed by atoms with Gasteiger partial charge < -0.3 is 20.3 Å². The molecule has 0 aliphatic heterocycles. The average molecular weight is 454 g/mol. The number of hydrogen-bond donors (Lipinski definition) is 3. The van der Waals surface area contributed by atoms with E-state index in [9.17, 15) is 14.0 Å². The van der Waals surface area contributed by atoms with Crippen LogP contribution in [0.3, 0.4) is 0 Å². The molecule has 0 radical (unpaired) electrons. The molecule has 0 heterocycles. The Balaban J connectivity index is 0.000000416. The van der Waals surface area contributed by atoms with Gasteiger partial charge in [0.25, 0.3) is 0 Å². The third kappa shape index (κ3) is 9.29. The molecular formula is C20H21BrFNO5. The van der Waals surface area contributed by atoms with Crippen molar-refractivity contribution in [1.82, 2.24) is 5.32 Å². The number of nitrogens with one attached hydrogen (secondary N) is 1. The van der Waals surface area contributed by atoms with Gasteiger partial charge in [-0.2, -0.15) is 0 Å². The Hall–Kier alpha value is -2.71. The van der Waals surface area contributed by atoms with Gasteiger partial charge in [-0.3, -0.25) is 0 Å². The van der Waals surface area contributed by atoms with Crippen molar-refractivity contribution in [3.8, 4) is 5.75 Å². The number of aliphatic carboxylic acids is 2. The van der Waals surface area contributed by atoms with Crippen LogP contribution < -0.4 is 10.1 Å². The predicted octanol–water partition coefficient (Wildman–Crippen LogP) is 4.03. The lowest BCUT2D eigenvalue weighted by Crippen LogP contribution is -2.16. The van der Waals surface area contributed by atoms with Crippen LogP contribution in [0.15, 0.2) is 65.2 Å². The fraction of sp³-hybridized carbons (Fsp3) is 0.200. The van der Waals surface area contributed by atoms with E-state index in [4.69, 9.17) is 14.9 Å². The van der Waals surface area contributed by atoms with Gasteiger partial charge in [0, 0.05) is 24.6 Å². The van der Waals surface area contributed by atoms with Crippen molar-refractivity contribution >= 4 is 27.9 Å². The lowest BCUT2D eigenvalue weighted by molar-refractivity contribution is -0.134. The summed E-state index contributed by atoms with van der Waals surface area (Å²) in [6, 6.07) is 14.4. The first-order chi connectivity index (χ1) is 13.3. The smallest absolute Gasteiger partial charge is 0.328 e. The van der Waals surface area contributed by atoms with Crippen molar-refractivity contribution in [3.05, 3.63) is 76.5 Å². The van der Waals surface area contributed by atoms with Crippen molar-refractivity contribution in [2.24, 2.45) is 0 Å². The first-order valence-electron chi connectivity index (χ1n) is 8.28. The van der Waals surface area contributed by atoms with Gasteiger partial charge >= 0.3 is 11.9 Å². The lowest BCUT2D eigenvalue weighted by Gasteiger charge is -2.20. The van der Waals surface area contributed by atoms with E-state index in [0.29, 0.717) is 17.9 Å². The van der Waals surface area contributed by atoms with E-state index in [2.05, 4.69) is 21.2 Å². The molecule has 0 aliphatic rings. The summed E-state index contributed by atoms with van der Waals surface area (Å²) in [7, 11) is 1.90. The number of rotatable bonds is 8. The minimum atomic E-state index is -1.26. The third-order valence-electron chi connectivity index (χ3n) is 3.36. The Morgan fingerprint density at radius 3 is 2.29 bits per heavy atom. The van der Waals surface area contributed by atoms with E-state index in [-0.39, 0.29) is 11.9 Å². The summed E-state index contributed by atoms with van der Waals surface area (Å²) in [5.74, 6) is -2.29. The van der Waals surface area contributed by atoms with E-state index >= 15 is 0 Å². The summed E-state index contributed by atoms with van der Waals surface area (Å²) in [6.07, 6.45) is 1.82. The highest BCUT2D eigenvalue weighted by atomic mass is 79.9. The molecular weight excluding hydrogens is 433 g/mol. The number of benzene rings is 2. The zero-order valence-electron chi connectivity index (χ0n) is 15.1. The van der Waals surface area contributed by atoms with Crippen molar-refractivity contribution in [1.29, 1.82) is 0 Å². The summed E-state index contributed by atoms with van der Waals surface area (Å²) < 4.78 is 20.1. The SMILES string of the molecule is CNCCC(Oc1cc(F)ccc1Br)c1ccccc1.O=C(O)/C=C/C(=O)O. The van der Waals surface area contributed by atoms with E-state index in [1.54, 1.807) is 6.07 Å². The Kier molecular flexibility index (Phi) is 10.5. The summed E-state index contributed by atoms with van der Waals surface area (Å²) >= 11 is 3.39. The normalized spacial score (nSPS) is 11.4. The molecule has 0 aliphatic carbocycles. The lowest BCUT2D eigenvalue weighted by atomic mass is 10.1. The number of halogens is 2. The van der Waals surface area contributed by atoms with Crippen LogP contribution in [0, 0.1) is 5.82 Å². The summed E-state index contributed by atoms with van der Waals surface area (Å²) in [4.78, 5) is 19.1. The van der Waals surface area contributed by atoms with Crippen LogP contribution in [0.4, 0.5) is 4.39 Å². The van der Waals surface area contributed by atoms with Crippen molar-refractivity contribution in [3.63, 3.8) is 0 Å². The molecule has 0 bridgehead atoms. The number of carboxylic acids is 2. The largest absolute Gasteiger partial charge is 0.484 e. The van der Waals surface area contributed by atoms with Gasteiger partial charge in [0.2, 0.25) is 0 Å². The van der Waals surface area contributed by atoms with E-state index in [0.717, 1.165) is 23.0 Å². The molecule has 2 rings (SSSR count). The zero-order chi connectivity index (χ0) is 20.9. The molecule has 2 aromatic rings. The average Bonchev–Trinajstić information content (AvgIpc) is 2.67. The van der Waals surface area contributed by atoms with Gasteiger partial charge in [-0.15, -0.1) is 0 Å². The highest BCUT2D eigenvalue weighted by Crippen LogP contribution is 2.31. The van der Waals surface area contributed by atoms with Crippen LogP contribution >= 0.6 is 15.9 Å². The highest BCUT2D eigenvalue weighted by molar-refractivity contribution is 9.10. The number of ether oxygens (including phenoxy) is 1. The molecule has 0 saturated heterocycles. The van der Waals surface area contributed by atoms with Gasteiger partial charge in [0.15, 0.2) is 0 Å². The van der Waals surface area contributed by atoms with Crippen LogP contribution in [-0.2, 0) is 9.59 Å². The highest BCUT2D eigenvalue weighted by Gasteiger charge is 2.14. The monoisotopic (exact) mass is 453 g/mol. The molecule has 28 heavy (non-hydrogen) atoms. The maximum Gasteiger partial charge on any atom is 0.328 e. The molecule has 0 spiro atoms. The fourth-order valence-corrected chi connectivity index (χ4v) is 2.44. The topological polar surface area (TPSA) is 95.9 Å². The fourth-order valence-electron chi connectivity index (χ4n) is 2.10. The van der Waals surface area contributed by atoms with Crippen LogP contribution in [0.5, 0.6) is 5.75 Å². The Bertz CT molecular complexity index is 782. The van der Waals surface area contributed by atoms with Gasteiger partial charge in [-0.25, -0.2) is 14.0 Å². The van der Waals surface area contributed by atoms with Gasteiger partial charge in [-0.05, 0) is 47.2 Å². The van der Waals surface area contributed by atoms with Crippen LogP contribution in [0.25, 0.3) is 0 Å². The standard InChI is InChI=1S/C16H17BrFNO.C4H4O4/c1-19-10-9-15(12-5-3-2-4-6-12)20-16-11-13(18)7-8-14(16)17;5-3(6)1-2-4(7)8/h2-8,11,15,19H,9-10H2,1H3;1-2H,(H,5,6)(H,7,8)/b;2-1+. The number of hydrogen-bond acceptors (Lipinski definition) is 4. The minimum absolute atomic E-state index is 0.109. The van der Waals surface area contributed by atoms with Gasteiger partial charge in [-0.1, -0.05) is 30.3 Å². The van der Waals surface area contributed by atoms with Crippen LogP contribution in [0.2, 0.25) is 0 Å². The predicted molar refractivity (Wildman–Crippen MR) is 107 cm³/mol. The molecule has 0 aromatic heterocycles. The molecule has 1 unspecified atom stereocenters. The summed E-state index contributed by atoms with van der Waals surface area (Å²) in [5.41, 5.74) is 1.08. The zero-order valence-corrected chi connectivity index (χ0v) is 16.7. The Labute approximate surface area is 170 Å². The molecule has 2 aromatic carbocycles. The summed E-state index contributed by atoms with van der Waals surface area (Å²) in [6.45, 7) is 0.826. The molecule has 150 valence electrons. The van der Waals surface area contributed by atoms with Crippen LogP contribution in [0.1, 0.15) is 18.1 Å². The second-order valence-corrected chi connectivity index (χ2v) is 6.35. The molecule has 0 saturated carbocycles. The molecule has 6 nitrogen and oxygen atoms in total. The van der Waals surface area contributed by atoms with Crippen molar-refractivity contribution in [2.45, 2.75) is 12.5 Å². The van der Waals surface area contributed by atoms with Gasteiger partial charge in [0.1, 0.15) is 17.7 Å². The Morgan fingerprint density at radius 2 is 1.75 bits per heavy atom. The molecule has 0 amide bonds. The maximum absolute atomic E-state index is 13.3. The Morgan fingerprint density at radius 1 is 1.14 bits per heavy atom. The van der Waals surface area contributed by atoms with Crippen molar-refractivity contribution in [2.75, 3.05) is 13.6 Å². The molecule has 8 heteroatoms. The quantitative estimate of drug-likeness (QED) is 0.522. The first kappa shape index (κ1) is 23.3. The third-order valence-corrected chi connectivity index (χ3v) is 4.01. The van der Waals surface area contributed by atoms with Crippen molar-refractivity contribution < 1.29 is 28.9 Å². The van der Waals surface area contributed by atoms with E-state index in [1.807, 2.05) is 37.4 Å². The number of carbonyl (C=O) groups is 2. The van der Waals surface area contributed by atoms with Crippen LogP contribution in [-0.4, -0.2) is 35.7 Å². The van der Waals surface area contributed by atoms with Gasteiger partial charge in [0.05, 0.1) is 4.47 Å². The second kappa shape index (κ2) is 12.6.